The van der Waals surface area contributed by atoms with Crippen molar-refractivity contribution in [2.45, 2.75) is 13.0 Å². The number of hydrogen-bond donors (Lipinski definition) is 1. The Morgan fingerprint density at radius 3 is 2.55 bits per heavy atom. The van der Waals surface area contributed by atoms with Gasteiger partial charge in [0.15, 0.2) is 5.76 Å². The zero-order valence-electron chi connectivity index (χ0n) is 17.6. The van der Waals surface area contributed by atoms with Crippen LogP contribution in [0.4, 0.5) is 5.69 Å². The van der Waals surface area contributed by atoms with Crippen LogP contribution in [0.25, 0.3) is 4.96 Å². The monoisotopic (exact) mass is 468 g/mol. The van der Waals surface area contributed by atoms with Crippen molar-refractivity contribution in [3.05, 3.63) is 74.8 Å². The fraction of sp³-hybridized carbons (Fsp3) is 0.286. The van der Waals surface area contributed by atoms with E-state index in [9.17, 15) is 20.0 Å². The number of amides is 1. The summed E-state index contributed by atoms with van der Waals surface area (Å²) in [5, 5.41) is 26.3. The zero-order valence-corrected chi connectivity index (χ0v) is 18.4. The molecule has 1 fully saturated rings. The minimum Gasteiger partial charge on any atom is -0.492 e. The summed E-state index contributed by atoms with van der Waals surface area (Å²) in [7, 11) is 0. The lowest BCUT2D eigenvalue weighted by Crippen LogP contribution is -2.49. The van der Waals surface area contributed by atoms with Gasteiger partial charge in [-0.05, 0) is 24.6 Å². The summed E-state index contributed by atoms with van der Waals surface area (Å²) in [6.07, 6.45) is 1.47. The molecule has 1 amide bonds. The van der Waals surface area contributed by atoms with Gasteiger partial charge in [0, 0.05) is 38.3 Å². The van der Waals surface area contributed by atoms with Crippen LogP contribution in [0.1, 0.15) is 32.9 Å². The molecule has 1 N–H and O–H groups in total. The molecule has 0 spiro atoms. The van der Waals surface area contributed by atoms with E-state index in [2.05, 4.69) is 15.0 Å². The van der Waals surface area contributed by atoms with E-state index in [0.29, 0.717) is 47.6 Å². The lowest BCUT2D eigenvalue weighted by atomic mass is 10.0. The SMILES string of the molecule is Cc1nc2sc([C@@H](c3ccc([N+](=O)[O-])cc3)N3CCN(C(=O)c4ccco4)CC3)c(O)n2n1. The number of hydrogen-bond acceptors (Lipinski definition) is 9. The molecule has 3 aromatic heterocycles. The summed E-state index contributed by atoms with van der Waals surface area (Å²) in [5.41, 5.74) is 0.789. The van der Waals surface area contributed by atoms with Gasteiger partial charge in [-0.1, -0.05) is 23.5 Å². The summed E-state index contributed by atoms with van der Waals surface area (Å²) < 4.78 is 6.64. The number of carbonyl (C=O) groups is 1. The third-order valence-electron chi connectivity index (χ3n) is 5.67. The van der Waals surface area contributed by atoms with Crippen molar-refractivity contribution in [2.24, 2.45) is 0 Å². The molecule has 1 saturated heterocycles. The van der Waals surface area contributed by atoms with Crippen LogP contribution in [0.15, 0.2) is 47.1 Å². The van der Waals surface area contributed by atoms with Crippen LogP contribution in [0.5, 0.6) is 5.88 Å². The smallest absolute Gasteiger partial charge is 0.289 e. The van der Waals surface area contributed by atoms with Crippen LogP contribution in [-0.2, 0) is 0 Å². The van der Waals surface area contributed by atoms with Gasteiger partial charge in [0.25, 0.3) is 11.6 Å². The van der Waals surface area contributed by atoms with Gasteiger partial charge in [-0.25, -0.2) is 4.98 Å². The molecule has 11 nitrogen and oxygen atoms in total. The van der Waals surface area contributed by atoms with Gasteiger partial charge in [0.2, 0.25) is 10.8 Å². The third-order valence-corrected chi connectivity index (χ3v) is 6.74. The highest BCUT2D eigenvalue weighted by atomic mass is 32.1. The van der Waals surface area contributed by atoms with Crippen LogP contribution in [0, 0.1) is 17.0 Å². The molecule has 1 atom stereocenters. The summed E-state index contributed by atoms with van der Waals surface area (Å²) in [5.74, 6) is 0.686. The highest BCUT2D eigenvalue weighted by Crippen LogP contribution is 2.40. The van der Waals surface area contributed by atoms with Gasteiger partial charge in [-0.2, -0.15) is 4.52 Å². The van der Waals surface area contributed by atoms with E-state index in [0.717, 1.165) is 5.56 Å². The summed E-state index contributed by atoms with van der Waals surface area (Å²) in [6, 6.07) is 9.25. The number of nitrogens with zero attached hydrogens (tertiary/aromatic N) is 6. The zero-order chi connectivity index (χ0) is 23.1. The number of thiazole rings is 1. The third kappa shape index (κ3) is 3.83. The molecule has 33 heavy (non-hydrogen) atoms. The molecule has 0 radical (unpaired) electrons. The van der Waals surface area contributed by atoms with E-state index in [4.69, 9.17) is 4.42 Å². The van der Waals surface area contributed by atoms with E-state index < -0.39 is 4.92 Å². The number of non-ortho nitro benzene ring substituents is 1. The maximum Gasteiger partial charge on any atom is 0.289 e. The van der Waals surface area contributed by atoms with Crippen LogP contribution in [0.3, 0.4) is 0 Å². The van der Waals surface area contributed by atoms with Gasteiger partial charge < -0.3 is 14.4 Å². The number of nitro groups is 1. The molecule has 0 aliphatic carbocycles. The number of aromatic nitrogens is 3. The van der Waals surface area contributed by atoms with Gasteiger partial charge in [-0.3, -0.25) is 19.8 Å². The highest BCUT2D eigenvalue weighted by molar-refractivity contribution is 7.17. The summed E-state index contributed by atoms with van der Waals surface area (Å²) in [4.78, 5) is 32.7. The highest BCUT2D eigenvalue weighted by Gasteiger charge is 2.33. The molecule has 4 aromatic rings. The minimum atomic E-state index is -0.443. The number of rotatable bonds is 5. The van der Waals surface area contributed by atoms with Gasteiger partial charge in [0.1, 0.15) is 5.82 Å². The lowest BCUT2D eigenvalue weighted by molar-refractivity contribution is -0.384. The van der Waals surface area contributed by atoms with Gasteiger partial charge in [-0.15, -0.1) is 5.10 Å². The van der Waals surface area contributed by atoms with Crippen molar-refractivity contribution in [2.75, 3.05) is 26.2 Å². The van der Waals surface area contributed by atoms with Crippen molar-refractivity contribution in [1.29, 1.82) is 0 Å². The molecule has 1 aromatic carbocycles. The van der Waals surface area contributed by atoms with E-state index in [1.807, 2.05) is 0 Å². The average molecular weight is 468 g/mol. The Balaban J connectivity index is 1.46. The second kappa shape index (κ2) is 8.30. The number of aromatic hydroxyl groups is 1. The first-order chi connectivity index (χ1) is 15.9. The molecule has 0 unspecified atom stereocenters. The number of aryl methyl sites for hydroxylation is 1. The van der Waals surface area contributed by atoms with E-state index in [1.165, 1.54) is 34.2 Å². The molecular formula is C21H20N6O5S. The number of carbonyl (C=O) groups excluding carboxylic acids is 1. The van der Waals surface area contributed by atoms with Gasteiger partial charge >= 0.3 is 0 Å². The van der Waals surface area contributed by atoms with Crippen LogP contribution in [0.2, 0.25) is 0 Å². The number of nitro benzene ring substituents is 1. The van der Waals surface area contributed by atoms with Crippen molar-refractivity contribution >= 4 is 27.9 Å². The number of fused-ring (bicyclic) bond motifs is 1. The normalized spacial score (nSPS) is 15.7. The second-order valence-electron chi connectivity index (χ2n) is 7.70. The Kier molecular flexibility index (Phi) is 5.30. The number of furan rings is 1. The molecule has 1 aliphatic heterocycles. The van der Waals surface area contributed by atoms with Crippen LogP contribution < -0.4 is 0 Å². The van der Waals surface area contributed by atoms with Crippen LogP contribution >= 0.6 is 11.3 Å². The van der Waals surface area contributed by atoms with Crippen molar-refractivity contribution < 1.29 is 19.2 Å². The topological polar surface area (TPSA) is 130 Å². The molecule has 0 saturated carbocycles. The maximum atomic E-state index is 12.6. The quantitative estimate of drug-likeness (QED) is 0.350. The summed E-state index contributed by atoms with van der Waals surface area (Å²) >= 11 is 1.33. The van der Waals surface area contributed by atoms with E-state index in [1.54, 1.807) is 36.1 Å². The average Bonchev–Trinajstić information content (AvgIpc) is 3.54. The lowest BCUT2D eigenvalue weighted by Gasteiger charge is -2.38. The number of benzene rings is 1. The van der Waals surface area contributed by atoms with Crippen molar-refractivity contribution in [3.8, 4) is 5.88 Å². The number of piperazine rings is 1. The Bertz CT molecular complexity index is 1310. The molecule has 0 bridgehead atoms. The molecular weight excluding hydrogens is 448 g/mol. The van der Waals surface area contributed by atoms with Gasteiger partial charge in [0.05, 0.1) is 22.1 Å². The molecule has 1 aliphatic rings. The Labute approximate surface area is 191 Å². The van der Waals surface area contributed by atoms with Crippen molar-refractivity contribution in [3.63, 3.8) is 0 Å². The Morgan fingerprint density at radius 2 is 1.94 bits per heavy atom. The predicted octanol–water partition coefficient (Wildman–Crippen LogP) is 2.85. The van der Waals surface area contributed by atoms with E-state index >= 15 is 0 Å². The Morgan fingerprint density at radius 1 is 1.21 bits per heavy atom. The first-order valence-corrected chi connectivity index (χ1v) is 11.1. The maximum absolute atomic E-state index is 12.6. The van der Waals surface area contributed by atoms with Crippen LogP contribution in [-0.4, -0.2) is 66.5 Å². The van der Waals surface area contributed by atoms with Crippen molar-refractivity contribution in [1.82, 2.24) is 24.4 Å². The molecule has 12 heteroatoms. The summed E-state index contributed by atoms with van der Waals surface area (Å²) in [6.45, 7) is 3.79. The standard InChI is InChI=1S/C21H20N6O5S/c1-13-22-21-26(23-13)20(29)18(33-21)17(14-4-6-15(7-5-14)27(30)31)24-8-10-25(11-9-24)19(28)16-3-2-12-32-16/h2-7,12,17,29H,8-11H2,1H3/t17-/m1/s1. The molecule has 4 heterocycles. The predicted molar refractivity (Wildman–Crippen MR) is 118 cm³/mol. The fourth-order valence-corrected chi connectivity index (χ4v) is 5.23. The van der Waals surface area contributed by atoms with E-state index in [-0.39, 0.29) is 23.5 Å². The first-order valence-electron chi connectivity index (χ1n) is 10.3. The fourth-order valence-electron chi connectivity index (χ4n) is 4.07. The second-order valence-corrected chi connectivity index (χ2v) is 8.71. The Hall–Kier alpha value is -3.77. The first kappa shape index (κ1) is 21.1. The molecule has 170 valence electrons. The molecule has 5 rings (SSSR count). The minimum absolute atomic E-state index is 0.00569. The largest absolute Gasteiger partial charge is 0.492 e.